The molecule has 1 aromatic carbocycles. The number of hydrogen-bond acceptors (Lipinski definition) is 3. The number of amides is 1. The van der Waals surface area contributed by atoms with Gasteiger partial charge in [0.2, 0.25) is 5.91 Å². The fourth-order valence-corrected chi connectivity index (χ4v) is 3.40. The van der Waals surface area contributed by atoms with Crippen molar-refractivity contribution in [1.82, 2.24) is 9.80 Å². The minimum absolute atomic E-state index is 0.205. The number of carbonyl (C=O) groups excluding carboxylic acids is 1. The third-order valence-corrected chi connectivity index (χ3v) is 5.05. The van der Waals surface area contributed by atoms with Crippen LogP contribution in [0.2, 0.25) is 0 Å². The Morgan fingerprint density at radius 1 is 1.09 bits per heavy atom. The van der Waals surface area contributed by atoms with Gasteiger partial charge in [0, 0.05) is 38.6 Å². The maximum absolute atomic E-state index is 12.6. The summed E-state index contributed by atoms with van der Waals surface area (Å²) in [7, 11) is 0. The molecule has 0 radical (unpaired) electrons. The predicted molar refractivity (Wildman–Crippen MR) is 93.4 cm³/mol. The molecule has 1 aliphatic rings. The summed E-state index contributed by atoms with van der Waals surface area (Å²) in [5.41, 5.74) is 1.26. The highest BCUT2D eigenvalue weighted by atomic mass is 16.3. The molecule has 1 heterocycles. The molecule has 1 N–H and O–H groups in total. The predicted octanol–water partition coefficient (Wildman–Crippen LogP) is 2.49. The number of aliphatic hydroxyl groups is 1. The number of nitrogens with zero attached hydrogens (tertiary/aromatic N) is 2. The first-order valence-electron chi connectivity index (χ1n) is 8.87. The van der Waals surface area contributed by atoms with Crippen molar-refractivity contribution in [2.24, 2.45) is 0 Å². The first kappa shape index (κ1) is 18.0. The molecule has 1 aromatic rings. The van der Waals surface area contributed by atoms with E-state index in [9.17, 15) is 9.90 Å². The molecule has 1 fully saturated rings. The summed E-state index contributed by atoms with van der Waals surface area (Å²) in [6.07, 6.45) is 2.53. The third kappa shape index (κ3) is 4.79. The normalized spacial score (nSPS) is 18.7. The van der Waals surface area contributed by atoms with E-state index in [1.165, 1.54) is 5.56 Å². The molecular weight excluding hydrogens is 288 g/mol. The summed E-state index contributed by atoms with van der Waals surface area (Å²) in [5, 5.41) is 9.41. The topological polar surface area (TPSA) is 43.8 Å². The average molecular weight is 318 g/mol. The van der Waals surface area contributed by atoms with Crippen LogP contribution in [0.15, 0.2) is 30.3 Å². The van der Waals surface area contributed by atoms with E-state index in [1.54, 1.807) is 0 Å². The van der Waals surface area contributed by atoms with E-state index < -0.39 is 0 Å². The number of benzene rings is 1. The molecule has 1 amide bonds. The van der Waals surface area contributed by atoms with Crippen LogP contribution in [0.25, 0.3) is 0 Å². The molecule has 1 aliphatic heterocycles. The van der Waals surface area contributed by atoms with Crippen LogP contribution in [0.4, 0.5) is 0 Å². The van der Waals surface area contributed by atoms with E-state index in [0.29, 0.717) is 12.3 Å². The van der Waals surface area contributed by atoms with Crippen molar-refractivity contribution < 1.29 is 9.90 Å². The first-order valence-corrected chi connectivity index (χ1v) is 8.87. The Hall–Kier alpha value is -1.39. The molecule has 128 valence electrons. The molecule has 4 nitrogen and oxygen atoms in total. The lowest BCUT2D eigenvalue weighted by molar-refractivity contribution is -0.133. The fourth-order valence-electron chi connectivity index (χ4n) is 3.40. The molecule has 0 saturated carbocycles. The first-order chi connectivity index (χ1) is 11.2. The molecule has 1 saturated heterocycles. The Balaban J connectivity index is 1.87. The van der Waals surface area contributed by atoms with Gasteiger partial charge in [0.25, 0.3) is 0 Å². The van der Waals surface area contributed by atoms with Crippen LogP contribution >= 0.6 is 0 Å². The molecule has 2 unspecified atom stereocenters. The van der Waals surface area contributed by atoms with E-state index in [4.69, 9.17) is 0 Å². The molecule has 2 atom stereocenters. The number of aliphatic hydroxyl groups excluding tert-OH is 1. The maximum atomic E-state index is 12.6. The second-order valence-electron chi connectivity index (χ2n) is 6.38. The fraction of sp³-hybridized carbons (Fsp3) is 0.632. The van der Waals surface area contributed by atoms with Crippen LogP contribution in [-0.2, 0) is 4.79 Å². The van der Waals surface area contributed by atoms with Gasteiger partial charge in [-0.3, -0.25) is 9.69 Å². The smallest absolute Gasteiger partial charge is 0.223 e. The highest BCUT2D eigenvalue weighted by Crippen LogP contribution is 2.24. The summed E-state index contributed by atoms with van der Waals surface area (Å²) < 4.78 is 0. The number of carbonyl (C=O) groups is 1. The van der Waals surface area contributed by atoms with E-state index in [0.717, 1.165) is 39.0 Å². The zero-order chi connectivity index (χ0) is 16.7. The van der Waals surface area contributed by atoms with Crippen molar-refractivity contribution >= 4 is 5.91 Å². The minimum atomic E-state index is 0.205. The van der Waals surface area contributed by atoms with Crippen molar-refractivity contribution in [3.05, 3.63) is 35.9 Å². The van der Waals surface area contributed by atoms with E-state index in [2.05, 4.69) is 30.9 Å². The van der Waals surface area contributed by atoms with Gasteiger partial charge >= 0.3 is 0 Å². The largest absolute Gasteiger partial charge is 0.395 e. The number of piperazine rings is 1. The van der Waals surface area contributed by atoms with Gasteiger partial charge in [-0.2, -0.15) is 0 Å². The molecule has 2 rings (SSSR count). The van der Waals surface area contributed by atoms with Gasteiger partial charge in [0.15, 0.2) is 0 Å². The Kier molecular flexibility index (Phi) is 7.06. The molecule has 0 aliphatic carbocycles. The number of rotatable bonds is 7. The average Bonchev–Trinajstić information content (AvgIpc) is 2.62. The molecule has 0 aromatic heterocycles. The van der Waals surface area contributed by atoms with Gasteiger partial charge in [0.05, 0.1) is 6.61 Å². The highest BCUT2D eigenvalue weighted by Gasteiger charge is 2.26. The van der Waals surface area contributed by atoms with Crippen molar-refractivity contribution in [3.8, 4) is 0 Å². The highest BCUT2D eigenvalue weighted by molar-refractivity contribution is 5.77. The molecular formula is C19H30N2O2. The molecule has 0 bridgehead atoms. The SMILES string of the molecule is CCC(CC(=O)N1CCN(C(CC)CO)CC1)c1ccccc1. The van der Waals surface area contributed by atoms with Crippen LogP contribution in [-0.4, -0.2) is 59.6 Å². The van der Waals surface area contributed by atoms with Gasteiger partial charge in [-0.1, -0.05) is 44.2 Å². The monoisotopic (exact) mass is 318 g/mol. The van der Waals surface area contributed by atoms with E-state index in [-0.39, 0.29) is 18.6 Å². The van der Waals surface area contributed by atoms with Gasteiger partial charge in [-0.15, -0.1) is 0 Å². The van der Waals surface area contributed by atoms with Gasteiger partial charge in [-0.25, -0.2) is 0 Å². The minimum Gasteiger partial charge on any atom is -0.395 e. The Bertz CT molecular complexity index is 466. The van der Waals surface area contributed by atoms with Crippen molar-refractivity contribution in [2.45, 2.75) is 45.1 Å². The van der Waals surface area contributed by atoms with Crippen LogP contribution in [0.1, 0.15) is 44.6 Å². The van der Waals surface area contributed by atoms with Crippen molar-refractivity contribution in [3.63, 3.8) is 0 Å². The second-order valence-corrected chi connectivity index (χ2v) is 6.38. The Morgan fingerprint density at radius 3 is 2.26 bits per heavy atom. The zero-order valence-corrected chi connectivity index (χ0v) is 14.4. The summed E-state index contributed by atoms with van der Waals surface area (Å²) in [6.45, 7) is 7.75. The van der Waals surface area contributed by atoms with E-state index >= 15 is 0 Å². The van der Waals surface area contributed by atoms with Crippen molar-refractivity contribution in [1.29, 1.82) is 0 Å². The maximum Gasteiger partial charge on any atom is 0.223 e. The lowest BCUT2D eigenvalue weighted by atomic mass is 9.92. The zero-order valence-electron chi connectivity index (χ0n) is 14.4. The Labute approximate surface area is 140 Å². The van der Waals surface area contributed by atoms with Crippen LogP contribution in [0.3, 0.4) is 0 Å². The summed E-state index contributed by atoms with van der Waals surface area (Å²) in [5.74, 6) is 0.569. The van der Waals surface area contributed by atoms with Gasteiger partial charge < -0.3 is 10.0 Å². The summed E-state index contributed by atoms with van der Waals surface area (Å²) in [4.78, 5) is 16.9. The second kappa shape index (κ2) is 9.04. The molecule has 23 heavy (non-hydrogen) atoms. The third-order valence-electron chi connectivity index (χ3n) is 5.05. The van der Waals surface area contributed by atoms with Crippen LogP contribution in [0, 0.1) is 0 Å². The van der Waals surface area contributed by atoms with Crippen LogP contribution in [0.5, 0.6) is 0 Å². The van der Waals surface area contributed by atoms with Gasteiger partial charge in [0.1, 0.15) is 0 Å². The number of hydrogen-bond donors (Lipinski definition) is 1. The summed E-state index contributed by atoms with van der Waals surface area (Å²) >= 11 is 0. The van der Waals surface area contributed by atoms with E-state index in [1.807, 2.05) is 23.1 Å². The van der Waals surface area contributed by atoms with Gasteiger partial charge in [-0.05, 0) is 24.3 Å². The standard InChI is InChI=1S/C19H30N2O2/c1-3-16(17-8-6-5-7-9-17)14-19(23)21-12-10-20(11-13-21)18(4-2)15-22/h5-9,16,18,22H,3-4,10-15H2,1-2H3. The van der Waals surface area contributed by atoms with Crippen molar-refractivity contribution in [2.75, 3.05) is 32.8 Å². The molecule has 4 heteroatoms. The Morgan fingerprint density at radius 2 is 1.74 bits per heavy atom. The lowest BCUT2D eigenvalue weighted by Crippen LogP contribution is -2.52. The quantitative estimate of drug-likeness (QED) is 0.840. The summed E-state index contributed by atoms with van der Waals surface area (Å²) in [6, 6.07) is 10.6. The van der Waals surface area contributed by atoms with Crippen LogP contribution < -0.4 is 0 Å². The lowest BCUT2D eigenvalue weighted by Gasteiger charge is -2.38. The molecule has 0 spiro atoms.